The van der Waals surface area contributed by atoms with Crippen molar-refractivity contribution < 1.29 is 5.11 Å². The lowest BCUT2D eigenvalue weighted by atomic mass is 9.51. The quantitative estimate of drug-likeness (QED) is 0.589. The molecule has 1 N–H and O–H groups in total. The number of aliphatic hydroxyl groups excluding tert-OH is 1. The highest BCUT2D eigenvalue weighted by Gasteiger charge is 2.63. The molecule has 1 nitrogen and oxygen atoms in total. The third kappa shape index (κ3) is 0.460. The van der Waals surface area contributed by atoms with Crippen molar-refractivity contribution in [2.45, 2.75) is 33.1 Å². The van der Waals surface area contributed by atoms with Gasteiger partial charge in [0.1, 0.15) is 0 Å². The zero-order valence-corrected chi connectivity index (χ0v) is 6.85. The Morgan fingerprint density at radius 1 is 1.50 bits per heavy atom. The maximum atomic E-state index is 9.20. The predicted molar refractivity (Wildman–Crippen MR) is 40.6 cm³/mol. The Bertz CT molecular complexity index is 158. The smallest absolute Gasteiger partial charge is 0.0492 e. The first-order chi connectivity index (χ1) is 4.62. The van der Waals surface area contributed by atoms with Gasteiger partial charge < -0.3 is 5.11 Å². The van der Waals surface area contributed by atoms with Crippen LogP contribution in [-0.4, -0.2) is 11.7 Å². The largest absolute Gasteiger partial charge is 0.396 e. The van der Waals surface area contributed by atoms with Crippen LogP contribution >= 0.6 is 0 Å². The molecule has 0 aromatic heterocycles. The van der Waals surface area contributed by atoms with Gasteiger partial charge in [-0.05, 0) is 36.0 Å². The second-order valence-corrected chi connectivity index (χ2v) is 4.60. The lowest BCUT2D eigenvalue weighted by Gasteiger charge is -2.54. The van der Waals surface area contributed by atoms with E-state index in [1.54, 1.807) is 0 Å². The van der Waals surface area contributed by atoms with Crippen molar-refractivity contribution >= 4 is 0 Å². The molecule has 3 fully saturated rings. The normalized spacial score (nSPS) is 48.9. The summed E-state index contributed by atoms with van der Waals surface area (Å²) in [5.74, 6) is 0.916. The fourth-order valence-electron chi connectivity index (χ4n) is 2.98. The average Bonchev–Trinajstić information content (AvgIpc) is 2.41. The van der Waals surface area contributed by atoms with Crippen molar-refractivity contribution in [1.82, 2.24) is 0 Å². The monoisotopic (exact) mass is 140 g/mol. The number of rotatable bonds is 1. The molecule has 0 amide bonds. The van der Waals surface area contributed by atoms with Crippen LogP contribution < -0.4 is 0 Å². The van der Waals surface area contributed by atoms with Gasteiger partial charge in [-0.25, -0.2) is 0 Å². The molecular weight excluding hydrogens is 124 g/mol. The molecule has 0 spiro atoms. The summed E-state index contributed by atoms with van der Waals surface area (Å²) in [6.45, 7) is 5.03. The highest BCUT2D eigenvalue weighted by Crippen LogP contribution is 2.70. The first-order valence-electron chi connectivity index (χ1n) is 4.23. The summed E-state index contributed by atoms with van der Waals surface area (Å²) >= 11 is 0. The number of hydrogen-bond acceptors (Lipinski definition) is 1. The molecule has 1 heteroatoms. The molecule has 2 atom stereocenters. The minimum absolute atomic E-state index is 0.331. The van der Waals surface area contributed by atoms with Crippen LogP contribution in [-0.2, 0) is 0 Å². The van der Waals surface area contributed by atoms with Gasteiger partial charge >= 0.3 is 0 Å². The second-order valence-electron chi connectivity index (χ2n) is 4.60. The van der Waals surface area contributed by atoms with Crippen molar-refractivity contribution in [3.8, 4) is 0 Å². The van der Waals surface area contributed by atoms with Crippen LogP contribution in [0, 0.1) is 16.7 Å². The molecule has 3 aliphatic carbocycles. The van der Waals surface area contributed by atoms with Gasteiger partial charge in [-0.1, -0.05) is 13.8 Å². The summed E-state index contributed by atoms with van der Waals surface area (Å²) < 4.78 is 0. The Morgan fingerprint density at radius 2 is 2.20 bits per heavy atom. The number of fused-ring (bicyclic) bond motifs is 1. The maximum absolute atomic E-state index is 9.20. The van der Waals surface area contributed by atoms with E-state index in [0.29, 0.717) is 17.4 Å². The van der Waals surface area contributed by atoms with E-state index in [0.717, 1.165) is 5.92 Å². The van der Waals surface area contributed by atoms with Crippen LogP contribution in [0.25, 0.3) is 0 Å². The minimum Gasteiger partial charge on any atom is -0.396 e. The van der Waals surface area contributed by atoms with E-state index >= 15 is 0 Å². The summed E-state index contributed by atoms with van der Waals surface area (Å²) in [4.78, 5) is 0. The van der Waals surface area contributed by atoms with Gasteiger partial charge in [0.05, 0.1) is 0 Å². The van der Waals surface area contributed by atoms with Crippen LogP contribution in [0.5, 0.6) is 0 Å². The molecule has 10 heavy (non-hydrogen) atoms. The molecule has 0 radical (unpaired) electrons. The van der Waals surface area contributed by atoms with E-state index < -0.39 is 0 Å². The van der Waals surface area contributed by atoms with Gasteiger partial charge in [0.25, 0.3) is 0 Å². The van der Waals surface area contributed by atoms with Crippen LogP contribution in [0.15, 0.2) is 0 Å². The summed E-state index contributed by atoms with van der Waals surface area (Å²) in [7, 11) is 0. The van der Waals surface area contributed by atoms with Gasteiger partial charge in [0.15, 0.2) is 0 Å². The van der Waals surface area contributed by atoms with E-state index in [9.17, 15) is 5.11 Å². The molecule has 58 valence electrons. The summed E-state index contributed by atoms with van der Waals surface area (Å²) in [5.41, 5.74) is 0.777. The Kier molecular flexibility index (Phi) is 1.05. The zero-order chi connectivity index (χ0) is 7.41. The van der Waals surface area contributed by atoms with E-state index in [2.05, 4.69) is 13.8 Å². The van der Waals surface area contributed by atoms with E-state index in [1.807, 2.05) is 0 Å². The molecule has 0 aromatic rings. The average molecular weight is 140 g/mol. The van der Waals surface area contributed by atoms with E-state index in [1.165, 1.54) is 19.3 Å². The first kappa shape index (κ1) is 6.66. The third-order valence-corrected chi connectivity index (χ3v) is 4.30. The number of aliphatic hydroxyl groups is 1. The van der Waals surface area contributed by atoms with Crippen molar-refractivity contribution in [2.75, 3.05) is 6.61 Å². The molecule has 0 saturated heterocycles. The van der Waals surface area contributed by atoms with Gasteiger partial charge in [-0.3, -0.25) is 0 Å². The third-order valence-electron chi connectivity index (χ3n) is 4.30. The van der Waals surface area contributed by atoms with Crippen molar-refractivity contribution in [3.05, 3.63) is 0 Å². The molecule has 0 heterocycles. The Morgan fingerprint density at radius 3 is 2.40 bits per heavy atom. The molecule has 3 rings (SSSR count). The van der Waals surface area contributed by atoms with Crippen LogP contribution in [0.3, 0.4) is 0 Å². The summed E-state index contributed by atoms with van der Waals surface area (Å²) in [6, 6.07) is 0. The molecule has 0 aromatic carbocycles. The maximum Gasteiger partial charge on any atom is 0.0492 e. The van der Waals surface area contributed by atoms with Gasteiger partial charge in [-0.2, -0.15) is 0 Å². The Balaban J connectivity index is 2.27. The lowest BCUT2D eigenvalue weighted by molar-refractivity contribution is -0.0904. The van der Waals surface area contributed by atoms with Gasteiger partial charge in [0.2, 0.25) is 0 Å². The van der Waals surface area contributed by atoms with Crippen LogP contribution in [0.2, 0.25) is 0 Å². The second kappa shape index (κ2) is 1.58. The van der Waals surface area contributed by atoms with Crippen LogP contribution in [0.4, 0.5) is 0 Å². The molecule has 2 unspecified atom stereocenters. The standard InChI is InChI=1S/C9H16O/c1-8(2)7-3-4-9(8,5-7)6-10/h7,10H,3-6H2,1-2H3. The minimum atomic E-state index is 0.331. The number of hydrogen-bond donors (Lipinski definition) is 1. The Hall–Kier alpha value is -0.0400. The molecule has 3 saturated carbocycles. The van der Waals surface area contributed by atoms with Crippen molar-refractivity contribution in [2.24, 2.45) is 16.7 Å². The molecule has 3 aliphatic rings. The molecular formula is C9H16O. The van der Waals surface area contributed by atoms with Gasteiger partial charge in [-0.15, -0.1) is 0 Å². The van der Waals surface area contributed by atoms with Gasteiger partial charge in [0, 0.05) is 6.61 Å². The van der Waals surface area contributed by atoms with E-state index in [4.69, 9.17) is 0 Å². The summed E-state index contributed by atoms with van der Waals surface area (Å²) in [6.07, 6.45) is 3.91. The fraction of sp³-hybridized carbons (Fsp3) is 1.00. The molecule has 2 bridgehead atoms. The predicted octanol–water partition coefficient (Wildman–Crippen LogP) is 1.80. The zero-order valence-electron chi connectivity index (χ0n) is 6.85. The highest BCUT2D eigenvalue weighted by atomic mass is 16.3. The Labute approximate surface area is 62.4 Å². The van der Waals surface area contributed by atoms with E-state index in [-0.39, 0.29) is 0 Å². The lowest BCUT2D eigenvalue weighted by Crippen LogP contribution is -2.50. The van der Waals surface area contributed by atoms with Crippen LogP contribution in [0.1, 0.15) is 33.1 Å². The summed E-state index contributed by atoms with van der Waals surface area (Å²) in [5, 5.41) is 9.20. The fourth-order valence-corrected chi connectivity index (χ4v) is 2.98. The highest BCUT2D eigenvalue weighted by molar-refractivity contribution is 5.12. The topological polar surface area (TPSA) is 20.2 Å². The molecule has 0 aliphatic heterocycles. The van der Waals surface area contributed by atoms with Crippen molar-refractivity contribution in [1.29, 1.82) is 0 Å². The first-order valence-corrected chi connectivity index (χ1v) is 4.23. The van der Waals surface area contributed by atoms with Crippen molar-refractivity contribution in [3.63, 3.8) is 0 Å². The SMILES string of the molecule is CC1(C)C2CCC1(CO)C2.